The van der Waals surface area contributed by atoms with Gasteiger partial charge in [0.15, 0.2) is 0 Å². The van der Waals surface area contributed by atoms with Crippen LogP contribution in [0.4, 0.5) is 0 Å². The van der Waals surface area contributed by atoms with Crippen molar-refractivity contribution in [1.82, 2.24) is 15.1 Å². The maximum absolute atomic E-state index is 11.5. The van der Waals surface area contributed by atoms with Crippen molar-refractivity contribution < 1.29 is 4.79 Å². The summed E-state index contributed by atoms with van der Waals surface area (Å²) in [5.41, 5.74) is 5.48. The molecule has 2 heterocycles. The van der Waals surface area contributed by atoms with Gasteiger partial charge in [0.2, 0.25) is 5.91 Å². The molecular formula is C15H30N4O. The lowest BCUT2D eigenvalue weighted by atomic mass is 9.99. The molecule has 0 aromatic carbocycles. The van der Waals surface area contributed by atoms with Crippen LogP contribution in [0.2, 0.25) is 0 Å². The molecule has 3 N–H and O–H groups in total. The highest BCUT2D eigenvalue weighted by molar-refractivity contribution is 5.79. The minimum absolute atomic E-state index is 0.195. The quantitative estimate of drug-likeness (QED) is 0.740. The summed E-state index contributed by atoms with van der Waals surface area (Å²) in [6, 6.07) is 0.838. The Morgan fingerprint density at radius 3 is 2.80 bits per heavy atom. The Morgan fingerprint density at radius 2 is 2.10 bits per heavy atom. The number of primary amides is 1. The van der Waals surface area contributed by atoms with Gasteiger partial charge in [0, 0.05) is 38.3 Å². The van der Waals surface area contributed by atoms with Crippen LogP contribution in [0, 0.1) is 0 Å². The Hall–Kier alpha value is -0.650. The second-order valence-corrected chi connectivity index (χ2v) is 6.55. The Balaban J connectivity index is 1.76. The highest BCUT2D eigenvalue weighted by Gasteiger charge is 2.29. The number of piperidine rings is 1. The van der Waals surface area contributed by atoms with Crippen molar-refractivity contribution in [1.29, 1.82) is 0 Å². The van der Waals surface area contributed by atoms with Gasteiger partial charge in [0.1, 0.15) is 0 Å². The molecule has 1 amide bonds. The fraction of sp³-hybridized carbons (Fsp3) is 0.933. The minimum Gasteiger partial charge on any atom is -0.368 e. The normalized spacial score (nSPS) is 26.4. The maximum Gasteiger partial charge on any atom is 0.234 e. The molecule has 0 aromatic rings. The highest BCUT2D eigenvalue weighted by Crippen LogP contribution is 2.21. The molecule has 116 valence electrons. The van der Waals surface area contributed by atoms with E-state index >= 15 is 0 Å². The van der Waals surface area contributed by atoms with Crippen LogP contribution in [-0.2, 0) is 4.79 Å². The Bertz CT molecular complexity index is 321. The van der Waals surface area contributed by atoms with Crippen molar-refractivity contribution in [2.24, 2.45) is 5.73 Å². The molecule has 0 bridgehead atoms. The van der Waals surface area contributed by atoms with Gasteiger partial charge in [0.05, 0.1) is 6.04 Å². The van der Waals surface area contributed by atoms with Crippen LogP contribution in [0.25, 0.3) is 0 Å². The monoisotopic (exact) mass is 282 g/mol. The fourth-order valence-electron chi connectivity index (χ4n) is 3.45. The second-order valence-electron chi connectivity index (χ2n) is 6.55. The van der Waals surface area contributed by atoms with E-state index in [1.54, 1.807) is 0 Å². The zero-order valence-corrected chi connectivity index (χ0v) is 13.0. The summed E-state index contributed by atoms with van der Waals surface area (Å²) in [5, 5.41) is 3.26. The number of nitrogens with two attached hydrogens (primary N) is 1. The minimum atomic E-state index is -0.227. The van der Waals surface area contributed by atoms with Crippen LogP contribution in [0.1, 0.15) is 39.5 Å². The van der Waals surface area contributed by atoms with E-state index in [0.29, 0.717) is 6.04 Å². The molecule has 5 nitrogen and oxygen atoms in total. The van der Waals surface area contributed by atoms with Gasteiger partial charge < -0.3 is 16.0 Å². The molecule has 2 unspecified atom stereocenters. The lowest BCUT2D eigenvalue weighted by molar-refractivity contribution is -0.120. The predicted molar refractivity (Wildman–Crippen MR) is 81.5 cm³/mol. The summed E-state index contributed by atoms with van der Waals surface area (Å²) < 4.78 is 0. The highest BCUT2D eigenvalue weighted by atomic mass is 16.1. The summed E-state index contributed by atoms with van der Waals surface area (Å²) in [5.74, 6) is -0.227. The molecule has 0 saturated carbocycles. The molecule has 0 radical (unpaired) electrons. The Morgan fingerprint density at radius 1 is 1.30 bits per heavy atom. The third kappa shape index (κ3) is 4.43. The number of amides is 1. The summed E-state index contributed by atoms with van der Waals surface area (Å²) in [4.78, 5) is 16.6. The summed E-state index contributed by atoms with van der Waals surface area (Å²) >= 11 is 0. The first-order valence-electron chi connectivity index (χ1n) is 8.08. The zero-order chi connectivity index (χ0) is 14.5. The van der Waals surface area contributed by atoms with Crippen molar-refractivity contribution in [3.8, 4) is 0 Å². The smallest absolute Gasteiger partial charge is 0.234 e. The molecule has 0 spiro atoms. The fourth-order valence-corrected chi connectivity index (χ4v) is 3.45. The molecule has 2 aliphatic heterocycles. The van der Waals surface area contributed by atoms with Gasteiger partial charge in [-0.15, -0.1) is 0 Å². The average molecular weight is 282 g/mol. The van der Waals surface area contributed by atoms with E-state index < -0.39 is 0 Å². The zero-order valence-electron chi connectivity index (χ0n) is 13.0. The number of fused-ring (bicyclic) bond motifs is 1. The van der Waals surface area contributed by atoms with E-state index in [4.69, 9.17) is 5.73 Å². The number of nitrogens with one attached hydrogen (secondary N) is 1. The number of hydrogen-bond donors (Lipinski definition) is 2. The third-order valence-electron chi connectivity index (χ3n) is 4.53. The van der Waals surface area contributed by atoms with Gasteiger partial charge >= 0.3 is 0 Å². The van der Waals surface area contributed by atoms with Gasteiger partial charge in [-0.25, -0.2) is 0 Å². The topological polar surface area (TPSA) is 61.6 Å². The molecule has 2 aliphatic rings. The summed E-state index contributed by atoms with van der Waals surface area (Å²) in [6.45, 7) is 9.82. The number of nitrogens with zero attached hydrogens (tertiary/aromatic N) is 2. The van der Waals surface area contributed by atoms with Crippen LogP contribution in [0.15, 0.2) is 0 Å². The van der Waals surface area contributed by atoms with Gasteiger partial charge in [0.25, 0.3) is 0 Å². The Labute approximate surface area is 122 Å². The first kappa shape index (κ1) is 15.7. The number of rotatable bonds is 6. The molecule has 20 heavy (non-hydrogen) atoms. The second kappa shape index (κ2) is 7.38. The molecule has 5 heteroatoms. The van der Waals surface area contributed by atoms with Crippen molar-refractivity contribution in [2.45, 2.75) is 57.7 Å². The van der Waals surface area contributed by atoms with Crippen molar-refractivity contribution in [3.63, 3.8) is 0 Å². The third-order valence-corrected chi connectivity index (χ3v) is 4.53. The van der Waals surface area contributed by atoms with E-state index in [2.05, 4.69) is 29.0 Å². The molecule has 2 rings (SSSR count). The van der Waals surface area contributed by atoms with Gasteiger partial charge in [-0.3, -0.25) is 9.69 Å². The van der Waals surface area contributed by atoms with Gasteiger partial charge in [-0.05, 0) is 25.8 Å². The lowest BCUT2D eigenvalue weighted by Gasteiger charge is -2.44. The van der Waals surface area contributed by atoms with Crippen molar-refractivity contribution in [2.75, 3.05) is 32.7 Å². The summed E-state index contributed by atoms with van der Waals surface area (Å²) in [7, 11) is 0. The molecule has 0 aromatic heterocycles. The molecular weight excluding hydrogens is 252 g/mol. The maximum atomic E-state index is 11.5. The first-order valence-corrected chi connectivity index (χ1v) is 8.08. The molecule has 2 atom stereocenters. The van der Waals surface area contributed by atoms with Crippen molar-refractivity contribution >= 4 is 5.91 Å². The van der Waals surface area contributed by atoms with Crippen LogP contribution >= 0.6 is 0 Å². The molecule has 2 fully saturated rings. The average Bonchev–Trinajstić information content (AvgIpc) is 2.42. The van der Waals surface area contributed by atoms with E-state index in [-0.39, 0.29) is 11.9 Å². The van der Waals surface area contributed by atoms with E-state index in [9.17, 15) is 4.79 Å². The lowest BCUT2D eigenvalue weighted by Crippen LogP contribution is -2.55. The van der Waals surface area contributed by atoms with E-state index in [0.717, 1.165) is 32.1 Å². The SMILES string of the molecule is CC(C)NC(CCN1CCN2CCCCC2C1)C(N)=O. The largest absolute Gasteiger partial charge is 0.368 e. The van der Waals surface area contributed by atoms with Crippen LogP contribution < -0.4 is 11.1 Å². The number of carbonyl (C=O) groups is 1. The van der Waals surface area contributed by atoms with E-state index in [1.807, 2.05) is 0 Å². The van der Waals surface area contributed by atoms with Crippen LogP contribution in [0.3, 0.4) is 0 Å². The number of piperazine rings is 1. The standard InChI is InChI=1S/C15H30N4O/c1-12(2)17-14(15(16)20)6-8-18-9-10-19-7-4-3-5-13(19)11-18/h12-14,17H,3-11H2,1-2H3,(H2,16,20). The van der Waals surface area contributed by atoms with Gasteiger partial charge in [-0.1, -0.05) is 20.3 Å². The van der Waals surface area contributed by atoms with Crippen LogP contribution in [0.5, 0.6) is 0 Å². The molecule has 0 aliphatic carbocycles. The first-order chi connectivity index (χ1) is 9.56. The van der Waals surface area contributed by atoms with Crippen molar-refractivity contribution in [3.05, 3.63) is 0 Å². The Kier molecular flexibility index (Phi) is 5.81. The molecule has 2 saturated heterocycles. The van der Waals surface area contributed by atoms with Crippen LogP contribution in [-0.4, -0.2) is 66.6 Å². The van der Waals surface area contributed by atoms with E-state index in [1.165, 1.54) is 32.4 Å². The number of carbonyl (C=O) groups excluding carboxylic acids is 1. The predicted octanol–water partition coefficient (Wildman–Crippen LogP) is 0.399. The summed E-state index contributed by atoms with van der Waals surface area (Å²) in [6.07, 6.45) is 4.88. The van der Waals surface area contributed by atoms with Gasteiger partial charge in [-0.2, -0.15) is 0 Å². The number of hydrogen-bond acceptors (Lipinski definition) is 4.